The lowest BCUT2D eigenvalue weighted by Gasteiger charge is -2.44. The number of carbonyl (C=O) groups is 2. The number of aliphatic carboxylic acids is 1. The molecule has 3 aliphatic rings. The van der Waals surface area contributed by atoms with Gasteiger partial charge in [0, 0.05) is 43.4 Å². The maximum Gasteiger partial charge on any atom is 0.317 e. The van der Waals surface area contributed by atoms with Crippen LogP contribution in [-0.4, -0.2) is 99.7 Å². The van der Waals surface area contributed by atoms with E-state index in [1.165, 1.54) is 0 Å². The second-order valence-corrected chi connectivity index (χ2v) is 12.5. The summed E-state index contributed by atoms with van der Waals surface area (Å²) in [6.07, 6.45) is 3.88. The number of nitriles is 1. The van der Waals surface area contributed by atoms with E-state index in [2.05, 4.69) is 34.6 Å². The number of thiol groups is 1. The number of hydrogen-bond acceptors (Lipinski definition) is 8. The summed E-state index contributed by atoms with van der Waals surface area (Å²) < 4.78 is 6.28. The van der Waals surface area contributed by atoms with Crippen molar-refractivity contribution in [1.29, 1.82) is 5.26 Å². The molecule has 11 heteroatoms. The smallest absolute Gasteiger partial charge is 0.317 e. The van der Waals surface area contributed by atoms with Gasteiger partial charge in [0.1, 0.15) is 11.6 Å². The molecule has 1 N–H and O–H groups in total. The van der Waals surface area contributed by atoms with Crippen LogP contribution in [0.3, 0.4) is 0 Å². The summed E-state index contributed by atoms with van der Waals surface area (Å²) in [7, 11) is 0. The Morgan fingerprint density at radius 3 is 2.41 bits per heavy atom. The number of hydrogen-bond donors (Lipinski definition) is 2. The van der Waals surface area contributed by atoms with Gasteiger partial charge in [0.2, 0.25) is 5.91 Å². The van der Waals surface area contributed by atoms with Gasteiger partial charge < -0.3 is 9.84 Å². The monoisotopic (exact) mass is 577 g/mol. The third-order valence-electron chi connectivity index (χ3n) is 8.51. The number of amides is 1. The van der Waals surface area contributed by atoms with Gasteiger partial charge in [-0.15, -0.1) is 12.6 Å². The van der Waals surface area contributed by atoms with Gasteiger partial charge in [-0.1, -0.05) is 11.6 Å². The van der Waals surface area contributed by atoms with Gasteiger partial charge in [0.25, 0.3) is 0 Å². The number of rotatable bonds is 8. The van der Waals surface area contributed by atoms with Crippen LogP contribution >= 0.6 is 24.2 Å². The number of piperazine rings is 1. The molecule has 1 aromatic rings. The fraction of sp³-hybridized carbons (Fsp3) is 0.679. The summed E-state index contributed by atoms with van der Waals surface area (Å²) in [4.78, 5) is 33.0. The second-order valence-electron chi connectivity index (χ2n) is 11.6. The first kappa shape index (κ1) is 30.1. The Morgan fingerprint density at radius 1 is 1.21 bits per heavy atom. The molecule has 3 fully saturated rings. The zero-order valence-corrected chi connectivity index (χ0v) is 24.9. The summed E-state index contributed by atoms with van der Waals surface area (Å²) in [5.41, 5.74) is -0.130. The van der Waals surface area contributed by atoms with Gasteiger partial charge in [-0.2, -0.15) is 5.26 Å². The summed E-state index contributed by atoms with van der Waals surface area (Å²) >= 11 is 11.2. The molecule has 39 heavy (non-hydrogen) atoms. The lowest BCUT2D eigenvalue weighted by molar-refractivity contribution is -0.140. The predicted molar refractivity (Wildman–Crippen MR) is 154 cm³/mol. The Balaban J connectivity index is 1.29. The minimum absolute atomic E-state index is 0.0337. The topological polar surface area (TPSA) is 100 Å². The van der Waals surface area contributed by atoms with Crippen molar-refractivity contribution in [2.45, 2.75) is 88.6 Å². The van der Waals surface area contributed by atoms with E-state index >= 15 is 0 Å². The van der Waals surface area contributed by atoms with Crippen LogP contribution in [0.1, 0.15) is 58.9 Å². The molecule has 9 nitrogen and oxygen atoms in total. The fourth-order valence-corrected chi connectivity index (χ4v) is 7.45. The number of nitrogens with zero attached hydrogens (tertiary/aromatic N) is 5. The zero-order chi connectivity index (χ0) is 28.5. The second kappa shape index (κ2) is 12.3. The molecule has 1 amide bonds. The Bertz CT molecular complexity index is 1090. The predicted octanol–water partition coefficient (Wildman–Crippen LogP) is 3.66. The van der Waals surface area contributed by atoms with Gasteiger partial charge >= 0.3 is 5.97 Å². The molecule has 1 unspecified atom stereocenters. The number of carbonyl (C=O) groups excluding carboxylic acids is 1. The Morgan fingerprint density at radius 2 is 1.85 bits per heavy atom. The average Bonchev–Trinajstić information content (AvgIpc) is 3.05. The van der Waals surface area contributed by atoms with Crippen molar-refractivity contribution in [2.24, 2.45) is 0 Å². The maximum absolute atomic E-state index is 13.5. The van der Waals surface area contributed by atoms with Gasteiger partial charge in [-0.05, 0) is 71.6 Å². The summed E-state index contributed by atoms with van der Waals surface area (Å²) in [5.74, 6) is -0.813. The summed E-state index contributed by atoms with van der Waals surface area (Å²) in [6, 6.07) is 7.71. The van der Waals surface area contributed by atoms with Gasteiger partial charge in [-0.3, -0.25) is 29.2 Å². The molecular formula is C28H40ClN5O4S. The highest BCUT2D eigenvalue weighted by Crippen LogP contribution is 2.42. The third kappa shape index (κ3) is 6.39. The normalized spacial score (nSPS) is 30.4. The molecule has 1 aromatic carbocycles. The van der Waals surface area contributed by atoms with Gasteiger partial charge in [0.05, 0.1) is 35.4 Å². The van der Waals surface area contributed by atoms with Crippen molar-refractivity contribution in [1.82, 2.24) is 14.7 Å². The van der Waals surface area contributed by atoms with Crippen LogP contribution in [0.15, 0.2) is 18.2 Å². The lowest BCUT2D eigenvalue weighted by Crippen LogP contribution is -2.58. The van der Waals surface area contributed by atoms with Crippen molar-refractivity contribution < 1.29 is 19.4 Å². The van der Waals surface area contributed by atoms with E-state index in [1.54, 1.807) is 23.1 Å². The van der Waals surface area contributed by atoms with Crippen LogP contribution in [0.2, 0.25) is 5.02 Å². The Kier molecular flexibility index (Phi) is 9.52. The summed E-state index contributed by atoms with van der Waals surface area (Å²) in [5, 5.41) is 18.7. The molecule has 1 saturated carbocycles. The van der Waals surface area contributed by atoms with Gasteiger partial charge in [0.15, 0.2) is 0 Å². The SMILES string of the molecule is C[C@@H]1CN(CCOC2CCC(N3C(S)N(c4ccc(C#N)c(Cl)c4)C(=O)C3(C)C)CC2)C[C@H](C)N1CC(=O)O. The van der Waals surface area contributed by atoms with E-state index in [-0.39, 0.29) is 36.7 Å². The van der Waals surface area contributed by atoms with E-state index in [1.807, 2.05) is 13.8 Å². The largest absolute Gasteiger partial charge is 0.480 e. The van der Waals surface area contributed by atoms with E-state index in [0.29, 0.717) is 22.9 Å². The highest BCUT2D eigenvalue weighted by molar-refractivity contribution is 7.81. The molecule has 2 heterocycles. The first-order chi connectivity index (χ1) is 18.4. The molecular weight excluding hydrogens is 538 g/mol. The number of carboxylic acid groups (broad SMARTS) is 1. The van der Waals surface area contributed by atoms with Crippen molar-refractivity contribution in [3.63, 3.8) is 0 Å². The molecule has 4 rings (SSSR count). The first-order valence-electron chi connectivity index (χ1n) is 13.7. The molecule has 214 valence electrons. The maximum atomic E-state index is 13.5. The minimum Gasteiger partial charge on any atom is -0.480 e. The van der Waals surface area contributed by atoms with Crippen LogP contribution in [0, 0.1) is 11.3 Å². The van der Waals surface area contributed by atoms with Crippen LogP contribution < -0.4 is 4.90 Å². The molecule has 0 aromatic heterocycles. The minimum atomic E-state index is -0.779. The van der Waals surface area contributed by atoms with Crippen molar-refractivity contribution >= 4 is 41.8 Å². The molecule has 2 saturated heterocycles. The third-order valence-corrected chi connectivity index (χ3v) is 9.30. The number of ether oxygens (including phenoxy) is 1. The quantitative estimate of drug-likeness (QED) is 0.452. The highest BCUT2D eigenvalue weighted by Gasteiger charge is 2.54. The van der Waals surface area contributed by atoms with E-state index in [4.69, 9.17) is 29.0 Å². The zero-order valence-electron chi connectivity index (χ0n) is 23.2. The lowest BCUT2D eigenvalue weighted by atomic mass is 9.89. The summed E-state index contributed by atoms with van der Waals surface area (Å²) in [6.45, 7) is 11.3. The standard InChI is InChI=1S/C28H40ClN5O4S/c1-18-15-31(16-19(2)32(18)17-25(35)36)11-12-38-23-9-7-21(8-10-23)34-27(39)33(26(37)28(34,3)4)22-6-5-20(14-30)24(29)13-22/h5-6,13,18-19,21,23,27,39H,7-12,15-17H2,1-4H3,(H,35,36)/t18-,19+,21?,23?,27?. The first-order valence-corrected chi connectivity index (χ1v) is 14.6. The number of halogens is 1. The molecule has 2 aliphatic heterocycles. The highest BCUT2D eigenvalue weighted by atomic mass is 35.5. The van der Waals surface area contributed by atoms with Crippen molar-refractivity contribution in [2.75, 3.05) is 37.7 Å². The molecule has 0 bridgehead atoms. The van der Waals surface area contributed by atoms with Gasteiger partial charge in [-0.25, -0.2) is 0 Å². The molecule has 0 spiro atoms. The number of carboxylic acids is 1. The Labute approximate surface area is 242 Å². The molecule has 3 atom stereocenters. The Hall–Kier alpha value is -1.87. The average molecular weight is 578 g/mol. The van der Waals surface area contributed by atoms with Crippen LogP contribution in [0.25, 0.3) is 0 Å². The van der Waals surface area contributed by atoms with E-state index in [0.717, 1.165) is 45.3 Å². The van der Waals surface area contributed by atoms with E-state index < -0.39 is 17.0 Å². The van der Waals surface area contributed by atoms with Crippen LogP contribution in [0.5, 0.6) is 0 Å². The van der Waals surface area contributed by atoms with Crippen molar-refractivity contribution in [3.05, 3.63) is 28.8 Å². The molecule has 1 aliphatic carbocycles. The fourth-order valence-electron chi connectivity index (χ4n) is 6.52. The van der Waals surface area contributed by atoms with Crippen LogP contribution in [0.4, 0.5) is 5.69 Å². The molecule has 0 radical (unpaired) electrons. The number of benzene rings is 1. The van der Waals surface area contributed by atoms with E-state index in [9.17, 15) is 20.0 Å². The number of anilines is 1. The van der Waals surface area contributed by atoms with Crippen molar-refractivity contribution in [3.8, 4) is 6.07 Å². The van der Waals surface area contributed by atoms with Crippen LogP contribution in [-0.2, 0) is 14.3 Å².